The van der Waals surface area contributed by atoms with E-state index in [4.69, 9.17) is 0 Å². The number of hydrogen-bond acceptors (Lipinski definition) is 2. The Bertz CT molecular complexity index is 285. The van der Waals surface area contributed by atoms with E-state index in [-0.39, 0.29) is 35.4 Å². The highest BCUT2D eigenvalue weighted by Crippen LogP contribution is 2.33. The smallest absolute Gasteiger partial charge is 0.272 e. The molecule has 0 aromatic carbocycles. The first-order valence-corrected chi connectivity index (χ1v) is 7.70. The molecule has 0 bridgehead atoms. The van der Waals surface area contributed by atoms with Crippen LogP contribution in [0.3, 0.4) is 0 Å². The van der Waals surface area contributed by atoms with E-state index in [0.29, 0.717) is 11.8 Å². The summed E-state index contributed by atoms with van der Waals surface area (Å²) >= 11 is 0. The van der Waals surface area contributed by atoms with Crippen molar-refractivity contribution in [1.29, 1.82) is 0 Å². The minimum absolute atomic E-state index is 0. The van der Waals surface area contributed by atoms with Gasteiger partial charge in [-0.1, -0.05) is 48.0 Å². The van der Waals surface area contributed by atoms with Crippen LogP contribution in [0.4, 0.5) is 8.78 Å². The molecule has 2 nitrogen and oxygen atoms in total. The molecule has 2 aliphatic carbocycles. The largest absolute Gasteiger partial charge is 0.300 e. The Balaban J connectivity index is 0. The lowest BCUT2D eigenvalue weighted by atomic mass is 9.91. The zero-order valence-electron chi connectivity index (χ0n) is 11.7. The molecule has 1 aliphatic heterocycles. The molecule has 4 heteroatoms. The maximum absolute atomic E-state index is 12.5. The summed E-state index contributed by atoms with van der Waals surface area (Å²) < 4.78 is 25.0. The second-order valence-electron chi connectivity index (χ2n) is 6.15. The standard InChI is InChI=1S/C9H15F2N.C6H10O.3CH4/c10-9(11)6-12(7-9)8-4-2-1-3-5-8;7-6-4-2-1-3-5-6;;;/h8H,1-7H2;1-5H2;3*1H4. The van der Waals surface area contributed by atoms with Gasteiger partial charge in [0.05, 0.1) is 13.1 Å². The Kier molecular flexibility index (Phi) is 12.0. The predicted molar refractivity (Wildman–Crippen MR) is 91.7 cm³/mol. The maximum Gasteiger partial charge on any atom is 0.272 e. The van der Waals surface area contributed by atoms with Crippen LogP contribution in [-0.2, 0) is 4.79 Å². The summed E-state index contributed by atoms with van der Waals surface area (Å²) in [7, 11) is 0. The number of carbonyl (C=O) groups is 1. The number of likely N-dealkylation sites (tertiary alicyclic amines) is 1. The highest BCUT2D eigenvalue weighted by Gasteiger charge is 2.46. The molecule has 1 heterocycles. The van der Waals surface area contributed by atoms with Gasteiger partial charge in [0.2, 0.25) is 0 Å². The number of ketones is 1. The first kappa shape index (κ1) is 23.8. The molecular weight excluding hydrogens is 284 g/mol. The van der Waals surface area contributed by atoms with Crippen LogP contribution in [0.15, 0.2) is 0 Å². The third-order valence-corrected chi connectivity index (χ3v) is 4.37. The van der Waals surface area contributed by atoms with Gasteiger partial charge in [-0.05, 0) is 25.7 Å². The lowest BCUT2D eigenvalue weighted by Crippen LogP contribution is -2.60. The molecule has 2 saturated carbocycles. The fourth-order valence-electron chi connectivity index (χ4n) is 3.20. The molecule has 3 aliphatic rings. The summed E-state index contributed by atoms with van der Waals surface area (Å²) in [4.78, 5) is 12.4. The van der Waals surface area contributed by atoms with Crippen molar-refractivity contribution in [2.24, 2.45) is 0 Å². The van der Waals surface area contributed by atoms with E-state index < -0.39 is 5.92 Å². The molecule has 134 valence electrons. The van der Waals surface area contributed by atoms with E-state index >= 15 is 0 Å². The highest BCUT2D eigenvalue weighted by atomic mass is 19.3. The van der Waals surface area contributed by atoms with Crippen molar-refractivity contribution in [2.45, 2.75) is 98.5 Å². The van der Waals surface area contributed by atoms with Crippen molar-refractivity contribution in [1.82, 2.24) is 4.90 Å². The number of carbonyl (C=O) groups excluding carboxylic acids is 1. The van der Waals surface area contributed by atoms with Crippen LogP contribution in [0.25, 0.3) is 0 Å². The minimum Gasteiger partial charge on any atom is -0.300 e. The third-order valence-electron chi connectivity index (χ3n) is 4.37. The van der Waals surface area contributed by atoms with Crippen LogP contribution < -0.4 is 0 Å². The van der Waals surface area contributed by atoms with Crippen molar-refractivity contribution in [3.63, 3.8) is 0 Å². The highest BCUT2D eigenvalue weighted by molar-refractivity contribution is 5.78. The fraction of sp³-hybridized carbons (Fsp3) is 0.944. The number of rotatable bonds is 1. The summed E-state index contributed by atoms with van der Waals surface area (Å²) in [6.45, 7) is 0.0231. The molecule has 0 radical (unpaired) electrons. The lowest BCUT2D eigenvalue weighted by Gasteiger charge is -2.45. The number of alkyl halides is 2. The van der Waals surface area contributed by atoms with Gasteiger partial charge in [-0.15, -0.1) is 0 Å². The van der Waals surface area contributed by atoms with Crippen LogP contribution in [0.2, 0.25) is 0 Å². The van der Waals surface area contributed by atoms with Gasteiger partial charge in [0.15, 0.2) is 0 Å². The number of halogens is 2. The van der Waals surface area contributed by atoms with Crippen molar-refractivity contribution in [2.75, 3.05) is 13.1 Å². The zero-order valence-corrected chi connectivity index (χ0v) is 11.7. The summed E-state index contributed by atoms with van der Waals surface area (Å²) in [5, 5.41) is 0. The molecular formula is C18H37F2NO. The van der Waals surface area contributed by atoms with Gasteiger partial charge >= 0.3 is 0 Å². The van der Waals surface area contributed by atoms with E-state index in [9.17, 15) is 13.6 Å². The molecule has 3 rings (SSSR count). The van der Waals surface area contributed by atoms with Gasteiger partial charge in [-0.2, -0.15) is 0 Å². The molecule has 0 spiro atoms. The number of hydrogen-bond donors (Lipinski definition) is 0. The van der Waals surface area contributed by atoms with Crippen LogP contribution in [0.5, 0.6) is 0 Å². The predicted octanol–water partition coefficient (Wildman–Crippen LogP) is 5.70. The van der Waals surface area contributed by atoms with Crippen molar-refractivity contribution < 1.29 is 13.6 Å². The Morgan fingerprint density at radius 2 is 1.27 bits per heavy atom. The van der Waals surface area contributed by atoms with Crippen LogP contribution in [0.1, 0.15) is 86.5 Å². The van der Waals surface area contributed by atoms with Gasteiger partial charge in [-0.3, -0.25) is 9.69 Å². The summed E-state index contributed by atoms with van der Waals surface area (Å²) in [6.07, 6.45) is 11.3. The number of Topliss-reactive ketones (excluding diaryl/α,β-unsaturated/α-hetero) is 1. The van der Waals surface area contributed by atoms with E-state index in [1.807, 2.05) is 4.90 Å². The molecule has 0 aromatic heterocycles. The topological polar surface area (TPSA) is 20.3 Å². The molecule has 0 atom stereocenters. The Morgan fingerprint density at radius 1 is 0.818 bits per heavy atom. The summed E-state index contributed by atoms with van der Waals surface area (Å²) in [5.74, 6) is -1.91. The van der Waals surface area contributed by atoms with Gasteiger partial charge in [0.25, 0.3) is 5.92 Å². The molecule has 22 heavy (non-hydrogen) atoms. The molecule has 1 saturated heterocycles. The molecule has 0 unspecified atom stereocenters. The maximum atomic E-state index is 12.5. The van der Waals surface area contributed by atoms with E-state index in [0.717, 1.165) is 38.5 Å². The van der Waals surface area contributed by atoms with Crippen LogP contribution in [0, 0.1) is 0 Å². The minimum atomic E-state index is -2.38. The Hall–Kier alpha value is -0.510. The quantitative estimate of drug-likeness (QED) is 0.617. The second-order valence-corrected chi connectivity index (χ2v) is 6.15. The van der Waals surface area contributed by atoms with E-state index in [1.54, 1.807) is 0 Å². The Morgan fingerprint density at radius 3 is 1.64 bits per heavy atom. The van der Waals surface area contributed by atoms with Crippen molar-refractivity contribution >= 4 is 5.78 Å². The van der Waals surface area contributed by atoms with Crippen LogP contribution >= 0.6 is 0 Å². The van der Waals surface area contributed by atoms with Crippen molar-refractivity contribution in [3.8, 4) is 0 Å². The van der Waals surface area contributed by atoms with Crippen LogP contribution in [-0.4, -0.2) is 35.7 Å². The average Bonchev–Trinajstić information content (AvgIpc) is 2.39. The van der Waals surface area contributed by atoms with Gasteiger partial charge in [-0.25, -0.2) is 8.78 Å². The first-order chi connectivity index (χ1) is 9.07. The monoisotopic (exact) mass is 321 g/mol. The summed E-state index contributed by atoms with van der Waals surface area (Å²) in [5.41, 5.74) is 0. The Labute approximate surface area is 136 Å². The molecule has 0 aromatic rings. The van der Waals surface area contributed by atoms with Gasteiger partial charge in [0.1, 0.15) is 5.78 Å². The second kappa shape index (κ2) is 11.1. The average molecular weight is 321 g/mol. The fourth-order valence-corrected chi connectivity index (χ4v) is 3.20. The van der Waals surface area contributed by atoms with E-state index in [2.05, 4.69) is 0 Å². The van der Waals surface area contributed by atoms with Gasteiger partial charge in [0, 0.05) is 18.9 Å². The SMILES string of the molecule is C.C.C.FC1(F)CN(C2CCCCC2)C1.O=C1CCCCC1. The normalized spacial score (nSPS) is 24.4. The number of nitrogens with zero attached hydrogens (tertiary/aromatic N) is 1. The van der Waals surface area contributed by atoms with Gasteiger partial charge < -0.3 is 0 Å². The van der Waals surface area contributed by atoms with Crippen molar-refractivity contribution in [3.05, 3.63) is 0 Å². The molecule has 0 amide bonds. The lowest BCUT2D eigenvalue weighted by molar-refractivity contribution is -0.149. The summed E-state index contributed by atoms with van der Waals surface area (Å²) in [6, 6.07) is 0.471. The van der Waals surface area contributed by atoms with E-state index in [1.165, 1.54) is 25.7 Å². The molecule has 3 fully saturated rings. The molecule has 0 N–H and O–H groups in total. The zero-order chi connectivity index (χ0) is 13.7. The third kappa shape index (κ3) is 7.66. The first-order valence-electron chi connectivity index (χ1n) is 7.70.